The van der Waals surface area contributed by atoms with Gasteiger partial charge >= 0.3 is 0 Å². The molecule has 2 aliphatic rings. The predicted molar refractivity (Wildman–Crippen MR) is 77.3 cm³/mol. The quantitative estimate of drug-likeness (QED) is 0.858. The zero-order valence-electron chi connectivity index (χ0n) is 11.7. The van der Waals surface area contributed by atoms with Gasteiger partial charge < -0.3 is 15.4 Å². The summed E-state index contributed by atoms with van der Waals surface area (Å²) in [5, 5.41) is 6.45. The van der Waals surface area contributed by atoms with Crippen LogP contribution in [0, 0.1) is 5.92 Å². The molecule has 2 fully saturated rings. The fourth-order valence-corrected chi connectivity index (χ4v) is 2.75. The molecule has 1 aliphatic carbocycles. The van der Waals surface area contributed by atoms with Gasteiger partial charge in [-0.25, -0.2) is 0 Å². The largest absolute Gasteiger partial charge is 0.375 e. The van der Waals surface area contributed by atoms with Crippen LogP contribution in [0.2, 0.25) is 0 Å². The fraction of sp³-hybridized carbons (Fsp3) is 0.562. The lowest BCUT2D eigenvalue weighted by Gasteiger charge is -2.25. The van der Waals surface area contributed by atoms with Crippen molar-refractivity contribution in [3.63, 3.8) is 0 Å². The first kappa shape index (κ1) is 13.6. The number of morpholine rings is 1. The molecule has 0 spiro atoms. The van der Waals surface area contributed by atoms with E-state index in [2.05, 4.69) is 22.8 Å². The van der Waals surface area contributed by atoms with E-state index in [4.69, 9.17) is 4.74 Å². The van der Waals surface area contributed by atoms with Crippen LogP contribution in [-0.2, 0) is 9.53 Å². The monoisotopic (exact) mass is 274 g/mol. The summed E-state index contributed by atoms with van der Waals surface area (Å²) in [6.07, 6.45) is 2.88. The zero-order valence-corrected chi connectivity index (χ0v) is 11.7. The summed E-state index contributed by atoms with van der Waals surface area (Å²) in [7, 11) is 0. The van der Waals surface area contributed by atoms with Crippen molar-refractivity contribution in [1.29, 1.82) is 0 Å². The molecule has 1 heterocycles. The molecule has 20 heavy (non-hydrogen) atoms. The first-order chi connectivity index (χ1) is 9.83. The summed E-state index contributed by atoms with van der Waals surface area (Å²) in [5.74, 6) is 0.700. The van der Waals surface area contributed by atoms with Crippen LogP contribution in [-0.4, -0.2) is 31.7 Å². The summed E-state index contributed by atoms with van der Waals surface area (Å²) >= 11 is 0. The van der Waals surface area contributed by atoms with E-state index in [-0.39, 0.29) is 18.1 Å². The number of benzene rings is 1. The minimum absolute atomic E-state index is 0.0133. The Kier molecular flexibility index (Phi) is 4.33. The van der Waals surface area contributed by atoms with E-state index in [9.17, 15) is 4.79 Å². The fourth-order valence-electron chi connectivity index (χ4n) is 2.75. The normalized spacial score (nSPS) is 24.1. The molecule has 2 atom stereocenters. The molecule has 1 aromatic rings. The van der Waals surface area contributed by atoms with Crippen LogP contribution in [0.15, 0.2) is 30.3 Å². The molecule has 1 aliphatic heterocycles. The van der Waals surface area contributed by atoms with Gasteiger partial charge in [0.05, 0.1) is 25.2 Å². The van der Waals surface area contributed by atoms with E-state index in [0.717, 1.165) is 13.1 Å². The third-order valence-electron chi connectivity index (χ3n) is 3.99. The molecule has 0 aromatic heterocycles. The molecular weight excluding hydrogens is 252 g/mol. The molecule has 1 saturated heterocycles. The molecule has 4 heteroatoms. The van der Waals surface area contributed by atoms with E-state index < -0.39 is 0 Å². The number of carbonyl (C=O) groups excluding carboxylic acids is 1. The maximum Gasteiger partial charge on any atom is 0.223 e. The van der Waals surface area contributed by atoms with E-state index in [1.54, 1.807) is 0 Å². The third kappa shape index (κ3) is 3.58. The molecule has 2 N–H and O–H groups in total. The van der Waals surface area contributed by atoms with Crippen molar-refractivity contribution in [1.82, 2.24) is 10.6 Å². The van der Waals surface area contributed by atoms with Crippen LogP contribution in [0.5, 0.6) is 0 Å². The summed E-state index contributed by atoms with van der Waals surface area (Å²) < 4.78 is 5.59. The smallest absolute Gasteiger partial charge is 0.223 e. The number of rotatable bonds is 5. The van der Waals surface area contributed by atoms with Crippen LogP contribution in [0.3, 0.4) is 0 Å². The minimum Gasteiger partial charge on any atom is -0.375 e. The van der Waals surface area contributed by atoms with Crippen LogP contribution in [0.1, 0.15) is 30.9 Å². The number of carbonyl (C=O) groups is 1. The number of nitrogens with one attached hydrogen (secondary N) is 2. The predicted octanol–water partition coefficient (Wildman–Crippen LogP) is 1.63. The highest BCUT2D eigenvalue weighted by Crippen LogP contribution is 2.40. The highest BCUT2D eigenvalue weighted by molar-refractivity contribution is 5.77. The molecule has 1 aromatic carbocycles. The van der Waals surface area contributed by atoms with Crippen LogP contribution < -0.4 is 10.6 Å². The van der Waals surface area contributed by atoms with Crippen molar-refractivity contribution in [2.75, 3.05) is 19.7 Å². The molecule has 0 radical (unpaired) electrons. The second-order valence-electron chi connectivity index (χ2n) is 5.69. The van der Waals surface area contributed by atoms with E-state index in [0.29, 0.717) is 18.9 Å². The van der Waals surface area contributed by atoms with Gasteiger partial charge in [-0.15, -0.1) is 0 Å². The Morgan fingerprint density at radius 1 is 1.35 bits per heavy atom. The Labute approximate surface area is 119 Å². The minimum atomic E-state index is 0.0133. The summed E-state index contributed by atoms with van der Waals surface area (Å²) in [4.78, 5) is 12.2. The van der Waals surface area contributed by atoms with Crippen LogP contribution >= 0.6 is 0 Å². The highest BCUT2D eigenvalue weighted by Gasteiger charge is 2.33. The van der Waals surface area contributed by atoms with Gasteiger partial charge in [0.15, 0.2) is 0 Å². The van der Waals surface area contributed by atoms with Gasteiger partial charge in [-0.05, 0) is 24.3 Å². The second kappa shape index (κ2) is 6.37. The van der Waals surface area contributed by atoms with Gasteiger partial charge in [-0.2, -0.15) is 0 Å². The lowest BCUT2D eigenvalue weighted by Crippen LogP contribution is -2.42. The lowest BCUT2D eigenvalue weighted by molar-refractivity contribution is -0.125. The zero-order chi connectivity index (χ0) is 13.8. The Hall–Kier alpha value is -1.39. The van der Waals surface area contributed by atoms with Gasteiger partial charge in [0.25, 0.3) is 0 Å². The second-order valence-corrected chi connectivity index (χ2v) is 5.69. The maximum absolute atomic E-state index is 12.2. The average molecular weight is 274 g/mol. The van der Waals surface area contributed by atoms with Crippen molar-refractivity contribution in [2.24, 2.45) is 5.92 Å². The topological polar surface area (TPSA) is 50.4 Å². The summed E-state index contributed by atoms with van der Waals surface area (Å²) in [5.41, 5.74) is 1.21. The van der Waals surface area contributed by atoms with Gasteiger partial charge in [0, 0.05) is 13.1 Å². The van der Waals surface area contributed by atoms with Crippen molar-refractivity contribution in [2.45, 2.75) is 31.4 Å². The molecule has 2 unspecified atom stereocenters. The first-order valence-corrected chi connectivity index (χ1v) is 7.49. The Bertz CT molecular complexity index is 439. The average Bonchev–Trinajstić information content (AvgIpc) is 3.31. The number of hydrogen-bond donors (Lipinski definition) is 2. The molecule has 108 valence electrons. The van der Waals surface area contributed by atoms with Gasteiger partial charge in [-0.3, -0.25) is 4.79 Å². The first-order valence-electron chi connectivity index (χ1n) is 7.49. The molecule has 1 amide bonds. The van der Waals surface area contributed by atoms with E-state index in [1.807, 2.05) is 18.2 Å². The van der Waals surface area contributed by atoms with Crippen molar-refractivity contribution >= 4 is 5.91 Å². The summed E-state index contributed by atoms with van der Waals surface area (Å²) in [6.45, 7) is 2.35. The SMILES string of the molecule is O=C(CC1CNCCO1)NC(c1ccccc1)C1CC1. The Balaban J connectivity index is 1.57. The van der Waals surface area contributed by atoms with Gasteiger partial charge in [0.2, 0.25) is 5.91 Å². The number of ether oxygens (including phenoxy) is 1. The number of amides is 1. The molecule has 3 rings (SSSR count). The Morgan fingerprint density at radius 3 is 2.80 bits per heavy atom. The number of hydrogen-bond acceptors (Lipinski definition) is 3. The maximum atomic E-state index is 12.2. The van der Waals surface area contributed by atoms with E-state index >= 15 is 0 Å². The highest BCUT2D eigenvalue weighted by atomic mass is 16.5. The van der Waals surface area contributed by atoms with Crippen LogP contribution in [0.4, 0.5) is 0 Å². The van der Waals surface area contributed by atoms with Crippen molar-refractivity contribution < 1.29 is 9.53 Å². The van der Waals surface area contributed by atoms with Crippen LogP contribution in [0.25, 0.3) is 0 Å². The lowest BCUT2D eigenvalue weighted by atomic mass is 10.0. The van der Waals surface area contributed by atoms with Gasteiger partial charge in [0.1, 0.15) is 0 Å². The van der Waals surface area contributed by atoms with Crippen molar-refractivity contribution in [3.05, 3.63) is 35.9 Å². The summed E-state index contributed by atoms with van der Waals surface area (Å²) in [6, 6.07) is 10.4. The molecular formula is C16H22N2O2. The molecule has 1 saturated carbocycles. The van der Waals surface area contributed by atoms with Gasteiger partial charge in [-0.1, -0.05) is 30.3 Å². The van der Waals surface area contributed by atoms with E-state index in [1.165, 1.54) is 18.4 Å². The molecule has 0 bridgehead atoms. The Morgan fingerprint density at radius 2 is 2.15 bits per heavy atom. The third-order valence-corrected chi connectivity index (χ3v) is 3.99. The molecule has 4 nitrogen and oxygen atoms in total. The standard InChI is InChI=1S/C16H22N2O2/c19-15(10-14-11-17-8-9-20-14)18-16(13-6-7-13)12-4-2-1-3-5-12/h1-5,13-14,16-17H,6-11H2,(H,18,19). The van der Waals surface area contributed by atoms with Crippen molar-refractivity contribution in [3.8, 4) is 0 Å².